The zero-order chi connectivity index (χ0) is 53.6. The molecule has 1 amide bonds. The molecule has 4 aliphatic heterocycles. The summed E-state index contributed by atoms with van der Waals surface area (Å²) in [7, 11) is 3.63. The third-order valence-electron chi connectivity index (χ3n) is 17.5. The van der Waals surface area contributed by atoms with E-state index in [0.29, 0.717) is 92.2 Å². The van der Waals surface area contributed by atoms with E-state index in [0.717, 1.165) is 58.4 Å². The van der Waals surface area contributed by atoms with Crippen molar-refractivity contribution in [1.82, 2.24) is 10.6 Å². The fourth-order valence-electron chi connectivity index (χ4n) is 13.2. The monoisotopic (exact) mass is 1070 g/mol. The van der Waals surface area contributed by atoms with Gasteiger partial charge in [0.05, 0.1) is 30.5 Å². The van der Waals surface area contributed by atoms with Crippen molar-refractivity contribution in [2.24, 2.45) is 28.9 Å². The number of aliphatic hydroxyl groups is 4. The lowest BCUT2D eigenvalue weighted by Gasteiger charge is -2.56. The number of carbonyl (C=O) groups excluding carboxylic acids is 2. The summed E-state index contributed by atoms with van der Waals surface area (Å²) in [5.74, 6) is 7.07. The number of β-amino-alcohol motifs (C(OH)–C–C–N with tert-alkyl or cyclic N) is 1. The van der Waals surface area contributed by atoms with Gasteiger partial charge in [0, 0.05) is 42.2 Å². The Morgan fingerprint density at radius 1 is 0.947 bits per heavy atom. The Morgan fingerprint density at radius 2 is 1.74 bits per heavy atom. The number of nitrogens with one attached hydrogen (secondary N) is 2. The van der Waals surface area contributed by atoms with Crippen LogP contribution in [0.3, 0.4) is 0 Å². The van der Waals surface area contributed by atoms with Gasteiger partial charge in [-0.3, -0.25) is 14.9 Å². The van der Waals surface area contributed by atoms with Crippen molar-refractivity contribution >= 4 is 33.3 Å². The van der Waals surface area contributed by atoms with E-state index in [2.05, 4.69) is 47.3 Å². The van der Waals surface area contributed by atoms with Gasteiger partial charge >= 0.3 is 0 Å². The number of allylic oxidation sites excluding steroid dienone is 8. The van der Waals surface area contributed by atoms with Gasteiger partial charge in [0.15, 0.2) is 5.78 Å². The first-order chi connectivity index (χ1) is 36.6. The number of nitrogens with two attached hydrogens (primary N) is 1. The first-order valence-corrected chi connectivity index (χ1v) is 29.9. The van der Waals surface area contributed by atoms with Gasteiger partial charge in [-0.1, -0.05) is 136 Å². The van der Waals surface area contributed by atoms with Gasteiger partial charge in [-0.25, -0.2) is 0 Å². The summed E-state index contributed by atoms with van der Waals surface area (Å²) in [4.78, 5) is 29.1. The average Bonchev–Trinajstić information content (AvgIpc) is 3.81. The van der Waals surface area contributed by atoms with Gasteiger partial charge < -0.3 is 41.3 Å². The fourth-order valence-corrected chi connectivity index (χ4v) is 15.4. The number of ether oxygens (including phenoxy) is 1. The number of Topliss-reactive ketones (excluding diaryl/α,β-unsaturated/α-hetero) is 1. The largest absolute Gasteiger partial charge is 0.508 e. The number of phenols is 1. The summed E-state index contributed by atoms with van der Waals surface area (Å²) < 4.78 is 6.68. The van der Waals surface area contributed by atoms with Crippen LogP contribution in [0.25, 0.3) is 0 Å². The number of hydrogen-bond donors (Lipinski definition) is 8. The van der Waals surface area contributed by atoms with Gasteiger partial charge in [0.2, 0.25) is 5.91 Å². The Morgan fingerprint density at radius 3 is 2.55 bits per heavy atom. The second-order valence-electron chi connectivity index (χ2n) is 22.4. The molecule has 4 heterocycles. The second-order valence-corrected chi connectivity index (χ2v) is 25.1. The number of aliphatic hydroxyl groups excluding tert-OH is 3. The summed E-state index contributed by atoms with van der Waals surface area (Å²) in [6.45, 7) is 8.39. The molecule has 9 rings (SSSR count). The minimum absolute atomic E-state index is 0.0264. The highest BCUT2D eigenvalue weighted by Crippen LogP contribution is 2.63. The van der Waals surface area contributed by atoms with Crippen LogP contribution in [-0.4, -0.2) is 91.9 Å². The Labute approximate surface area is 457 Å². The van der Waals surface area contributed by atoms with Crippen LogP contribution in [0, 0.1) is 35.0 Å². The molecule has 4 bridgehead atoms. The SMILES string of the molecule is C=C1C=CC=C(C2CCC3(C4CCC(O)Cc5cccc(c5)CC(Cc5ccc(O)cc5)C(O)CNC5C(=O)NC(N)c6cccc(c65)CC(=O)C(C)=C4CCC3(C)O)C2O)COC2C#CCC(=CCC1)CCSSC2. The summed E-state index contributed by atoms with van der Waals surface area (Å²) in [5.41, 5.74) is 13.7. The smallest absolute Gasteiger partial charge is 0.243 e. The number of hydrogen-bond acceptors (Lipinski definition) is 12. The van der Waals surface area contributed by atoms with Gasteiger partial charge in [0.1, 0.15) is 24.1 Å². The average molecular weight is 1070 g/mol. The van der Waals surface area contributed by atoms with E-state index >= 15 is 4.79 Å². The zero-order valence-electron chi connectivity index (χ0n) is 44.1. The Kier molecular flexibility index (Phi) is 18.4. The molecule has 2 aliphatic carbocycles. The highest BCUT2D eigenvalue weighted by atomic mass is 33.1. The van der Waals surface area contributed by atoms with Crippen molar-refractivity contribution in [3.8, 4) is 17.6 Å². The number of amides is 1. The van der Waals surface area contributed by atoms with Gasteiger partial charge in [0.25, 0.3) is 0 Å². The third kappa shape index (κ3) is 12.7. The zero-order valence-corrected chi connectivity index (χ0v) is 45.8. The predicted octanol–water partition coefficient (Wildman–Crippen LogP) is 8.94. The Bertz CT molecular complexity index is 2810. The fraction of sp³-hybridized carbons (Fsp3) is 0.492. The molecule has 11 unspecified atom stereocenters. The normalized spacial score (nSPS) is 32.4. The summed E-state index contributed by atoms with van der Waals surface area (Å²) in [5, 5.41) is 66.7. The van der Waals surface area contributed by atoms with E-state index < -0.39 is 47.5 Å². The molecule has 76 heavy (non-hydrogen) atoms. The minimum atomic E-state index is -1.33. The standard InChI is InChI=1S/C63H77N3O8S2/c1-39-9-4-11-41-12-7-17-50(38-76-75-30-27-41)74-37-46(16-5-10-39)52-26-29-63(59(52)71)54-24-23-49(68)34-44-14-6-13-43(31-44)33-47(32-42-19-21-48(67)22-20-42)56(70)36-65-58-57-45(15-8-18-53(57)60(64)66-61(58)72)35-55(69)40(2)51(54)25-28-62(63,3)73/h5-6,8,10-11,13-16,18-22,31,47,49-50,52,54,56,58-60,65,67-68,70-71,73H,1,4,9,12,23-30,32-38,64H2,2-3H3,(H,66,72). The van der Waals surface area contributed by atoms with Crippen LogP contribution in [0.2, 0.25) is 0 Å². The molecule has 6 aliphatic rings. The van der Waals surface area contributed by atoms with E-state index in [-0.39, 0.29) is 55.0 Å². The lowest BCUT2D eigenvalue weighted by atomic mass is 9.52. The van der Waals surface area contributed by atoms with Crippen LogP contribution in [0.15, 0.2) is 125 Å². The third-order valence-corrected chi connectivity index (χ3v) is 19.9. The van der Waals surface area contributed by atoms with Crippen molar-refractivity contribution in [2.45, 2.75) is 146 Å². The quantitative estimate of drug-likeness (QED) is 0.0707. The summed E-state index contributed by atoms with van der Waals surface area (Å²) in [6, 6.07) is 19.7. The number of carbonyl (C=O) groups is 2. The molecule has 0 radical (unpaired) electrons. The minimum Gasteiger partial charge on any atom is -0.508 e. The molecule has 2 fully saturated rings. The van der Waals surface area contributed by atoms with Gasteiger partial charge in [-0.2, -0.15) is 0 Å². The van der Waals surface area contributed by atoms with E-state index in [1.165, 1.54) is 5.57 Å². The molecule has 9 N–H and O–H groups in total. The van der Waals surface area contributed by atoms with E-state index in [9.17, 15) is 30.3 Å². The van der Waals surface area contributed by atoms with Gasteiger partial charge in [-0.15, -0.1) is 0 Å². The number of ketones is 1. The summed E-state index contributed by atoms with van der Waals surface area (Å²) in [6.07, 6.45) is 12.0. The van der Waals surface area contributed by atoms with Crippen LogP contribution < -0.4 is 16.4 Å². The first kappa shape index (κ1) is 56.0. The molecular weight excluding hydrogens is 991 g/mol. The highest BCUT2D eigenvalue weighted by molar-refractivity contribution is 8.76. The van der Waals surface area contributed by atoms with Crippen LogP contribution in [-0.2, 0) is 40.0 Å². The molecule has 3 aromatic carbocycles. The molecular formula is C63H77N3O8S2. The topological polar surface area (TPSA) is 195 Å². The number of aromatic hydroxyl groups is 1. The number of benzene rings is 3. The lowest BCUT2D eigenvalue weighted by Crippen LogP contribution is -2.59. The maximum Gasteiger partial charge on any atom is 0.243 e. The predicted molar refractivity (Wildman–Crippen MR) is 304 cm³/mol. The molecule has 2 saturated carbocycles. The molecule has 3 aromatic rings. The molecule has 404 valence electrons. The van der Waals surface area contributed by atoms with Crippen LogP contribution in [0.5, 0.6) is 5.75 Å². The van der Waals surface area contributed by atoms with E-state index in [1.807, 2.05) is 85.3 Å². The van der Waals surface area contributed by atoms with Crippen LogP contribution in [0.1, 0.15) is 124 Å². The molecule has 1 spiro atoms. The van der Waals surface area contributed by atoms with E-state index in [4.69, 9.17) is 10.5 Å². The van der Waals surface area contributed by atoms with Crippen molar-refractivity contribution < 1.29 is 39.9 Å². The van der Waals surface area contributed by atoms with Crippen molar-refractivity contribution in [1.29, 1.82) is 0 Å². The maximum absolute atomic E-state index is 15.1. The number of rotatable bonds is 3. The molecule has 0 aromatic heterocycles. The van der Waals surface area contributed by atoms with Crippen molar-refractivity contribution in [2.75, 3.05) is 24.7 Å². The molecule has 13 heteroatoms. The van der Waals surface area contributed by atoms with Crippen LogP contribution >= 0.6 is 21.6 Å². The molecule has 0 saturated heterocycles. The van der Waals surface area contributed by atoms with Crippen LogP contribution in [0.4, 0.5) is 0 Å². The van der Waals surface area contributed by atoms with E-state index in [1.54, 1.807) is 22.9 Å². The summed E-state index contributed by atoms with van der Waals surface area (Å²) >= 11 is 0. The number of phenolic OH excluding ortho intramolecular Hbond substituents is 1. The first-order valence-electron chi connectivity index (χ1n) is 27.4. The van der Waals surface area contributed by atoms with Crippen molar-refractivity contribution in [3.63, 3.8) is 0 Å². The maximum atomic E-state index is 15.1. The number of fused-ring (bicyclic) bond motifs is 7. The van der Waals surface area contributed by atoms with Gasteiger partial charge in [-0.05, 0) is 159 Å². The Balaban J connectivity index is 1.09. The lowest BCUT2D eigenvalue weighted by molar-refractivity contribution is -0.168. The Hall–Kier alpha value is -4.72. The van der Waals surface area contributed by atoms with Crippen molar-refractivity contribution in [3.05, 3.63) is 159 Å². The molecule has 11 atom stereocenters. The second kappa shape index (κ2) is 24.9. The highest BCUT2D eigenvalue weighted by Gasteiger charge is 2.64. The molecule has 11 nitrogen and oxygen atoms in total.